The van der Waals surface area contributed by atoms with Crippen LogP contribution in [0.15, 0.2) is 0 Å². The fourth-order valence-corrected chi connectivity index (χ4v) is 4.48. The minimum Gasteiger partial charge on any atom is -0.310 e. The second kappa shape index (κ2) is 6.11. The monoisotopic (exact) mass is 265 g/mol. The van der Waals surface area contributed by atoms with Gasteiger partial charge in [0.15, 0.2) is 0 Å². The van der Waals surface area contributed by atoms with E-state index < -0.39 is 0 Å². The highest BCUT2D eigenvalue weighted by atomic mass is 15.2. The molecule has 1 spiro atoms. The van der Waals surface area contributed by atoms with Crippen molar-refractivity contribution in [1.82, 2.24) is 15.1 Å². The molecule has 19 heavy (non-hydrogen) atoms. The Hall–Kier alpha value is -0.120. The second-order valence-electron chi connectivity index (χ2n) is 7.27. The van der Waals surface area contributed by atoms with Crippen molar-refractivity contribution in [2.24, 2.45) is 5.92 Å². The predicted octanol–water partition coefficient (Wildman–Crippen LogP) is 1.94. The van der Waals surface area contributed by atoms with Crippen LogP contribution >= 0.6 is 0 Å². The summed E-state index contributed by atoms with van der Waals surface area (Å²) in [6.07, 6.45) is 9.90. The van der Waals surface area contributed by atoms with E-state index in [1.807, 2.05) is 0 Å². The van der Waals surface area contributed by atoms with Crippen LogP contribution in [0.1, 0.15) is 44.9 Å². The van der Waals surface area contributed by atoms with Crippen molar-refractivity contribution in [3.05, 3.63) is 0 Å². The zero-order valence-corrected chi connectivity index (χ0v) is 12.7. The van der Waals surface area contributed by atoms with E-state index in [9.17, 15) is 0 Å². The first-order valence-corrected chi connectivity index (χ1v) is 8.42. The average molecular weight is 265 g/mol. The minimum atomic E-state index is 0.471. The number of rotatable bonds is 2. The number of nitrogens with one attached hydrogen (secondary N) is 1. The zero-order chi connectivity index (χ0) is 13.1. The number of hydrogen-bond acceptors (Lipinski definition) is 3. The molecule has 1 N–H and O–H groups in total. The third kappa shape index (κ3) is 3.50. The van der Waals surface area contributed by atoms with Crippen molar-refractivity contribution in [2.45, 2.75) is 50.5 Å². The molecule has 0 radical (unpaired) electrons. The molecule has 3 rings (SSSR count). The molecular weight excluding hydrogens is 234 g/mol. The molecule has 1 unspecified atom stereocenters. The van der Waals surface area contributed by atoms with Crippen LogP contribution < -0.4 is 5.32 Å². The van der Waals surface area contributed by atoms with Crippen LogP contribution in [0.5, 0.6) is 0 Å². The summed E-state index contributed by atoms with van der Waals surface area (Å²) < 4.78 is 0. The number of hydrogen-bond donors (Lipinski definition) is 1. The SMILES string of the molecule is CN1CCC(CN2CCCNC3(CCCCC3)C2)C1. The molecule has 3 heteroatoms. The summed E-state index contributed by atoms with van der Waals surface area (Å²) in [5.74, 6) is 0.920. The highest BCUT2D eigenvalue weighted by molar-refractivity contribution is 4.95. The first kappa shape index (κ1) is 13.8. The third-order valence-electron chi connectivity index (χ3n) is 5.49. The fourth-order valence-electron chi connectivity index (χ4n) is 4.48. The van der Waals surface area contributed by atoms with Gasteiger partial charge in [0.1, 0.15) is 0 Å². The van der Waals surface area contributed by atoms with Crippen LogP contribution in [0.3, 0.4) is 0 Å². The van der Waals surface area contributed by atoms with Gasteiger partial charge in [0.25, 0.3) is 0 Å². The molecule has 1 aliphatic carbocycles. The van der Waals surface area contributed by atoms with Gasteiger partial charge in [-0.1, -0.05) is 19.3 Å². The van der Waals surface area contributed by atoms with Gasteiger partial charge in [0.05, 0.1) is 0 Å². The first-order valence-electron chi connectivity index (χ1n) is 8.42. The van der Waals surface area contributed by atoms with Crippen LogP contribution in [0.2, 0.25) is 0 Å². The molecule has 2 saturated heterocycles. The lowest BCUT2D eigenvalue weighted by atomic mass is 9.81. The molecule has 3 fully saturated rings. The van der Waals surface area contributed by atoms with Crippen LogP contribution in [-0.2, 0) is 0 Å². The van der Waals surface area contributed by atoms with E-state index in [1.54, 1.807) is 0 Å². The van der Waals surface area contributed by atoms with Gasteiger partial charge in [-0.15, -0.1) is 0 Å². The lowest BCUT2D eigenvalue weighted by Gasteiger charge is -2.40. The van der Waals surface area contributed by atoms with Gasteiger partial charge >= 0.3 is 0 Å². The molecule has 1 atom stereocenters. The van der Waals surface area contributed by atoms with Crippen LogP contribution in [0, 0.1) is 5.92 Å². The Bertz CT molecular complexity index is 286. The van der Waals surface area contributed by atoms with E-state index in [0.717, 1.165) is 5.92 Å². The van der Waals surface area contributed by atoms with E-state index in [0.29, 0.717) is 5.54 Å². The lowest BCUT2D eigenvalue weighted by Crippen LogP contribution is -2.53. The predicted molar refractivity (Wildman–Crippen MR) is 80.5 cm³/mol. The van der Waals surface area contributed by atoms with Crippen LogP contribution in [0.4, 0.5) is 0 Å². The summed E-state index contributed by atoms with van der Waals surface area (Å²) in [4.78, 5) is 5.28. The van der Waals surface area contributed by atoms with E-state index in [-0.39, 0.29) is 0 Å². The maximum Gasteiger partial charge on any atom is 0.0308 e. The minimum absolute atomic E-state index is 0.471. The second-order valence-corrected chi connectivity index (χ2v) is 7.27. The maximum atomic E-state index is 3.91. The molecular formula is C16H31N3. The molecule has 110 valence electrons. The molecule has 2 aliphatic heterocycles. The quantitative estimate of drug-likeness (QED) is 0.823. The lowest BCUT2D eigenvalue weighted by molar-refractivity contribution is 0.149. The molecule has 0 aromatic rings. The molecule has 1 saturated carbocycles. The van der Waals surface area contributed by atoms with Crippen LogP contribution in [-0.4, -0.2) is 61.7 Å². The molecule has 3 nitrogen and oxygen atoms in total. The Balaban J connectivity index is 1.57. The van der Waals surface area contributed by atoms with Crippen molar-refractivity contribution in [1.29, 1.82) is 0 Å². The highest BCUT2D eigenvalue weighted by Crippen LogP contribution is 2.31. The van der Waals surface area contributed by atoms with Crippen molar-refractivity contribution in [3.8, 4) is 0 Å². The largest absolute Gasteiger partial charge is 0.310 e. The van der Waals surface area contributed by atoms with Gasteiger partial charge in [-0.25, -0.2) is 0 Å². The van der Waals surface area contributed by atoms with E-state index in [2.05, 4.69) is 22.2 Å². The number of nitrogens with zero attached hydrogens (tertiary/aromatic N) is 2. The van der Waals surface area contributed by atoms with Gasteiger partial charge in [0, 0.05) is 25.2 Å². The van der Waals surface area contributed by atoms with Gasteiger partial charge < -0.3 is 15.1 Å². The molecule has 3 aliphatic rings. The Kier molecular flexibility index (Phi) is 4.45. The normalized spacial score (nSPS) is 33.6. The summed E-state index contributed by atoms with van der Waals surface area (Å²) >= 11 is 0. The zero-order valence-electron chi connectivity index (χ0n) is 12.7. The summed E-state index contributed by atoms with van der Waals surface area (Å²) in [5.41, 5.74) is 0.471. The van der Waals surface area contributed by atoms with E-state index in [4.69, 9.17) is 0 Å². The van der Waals surface area contributed by atoms with E-state index >= 15 is 0 Å². The summed E-state index contributed by atoms with van der Waals surface area (Å²) in [6, 6.07) is 0. The van der Waals surface area contributed by atoms with Crippen LogP contribution in [0.25, 0.3) is 0 Å². The van der Waals surface area contributed by atoms with Crippen molar-refractivity contribution in [3.63, 3.8) is 0 Å². The first-order chi connectivity index (χ1) is 9.26. The smallest absolute Gasteiger partial charge is 0.0308 e. The Morgan fingerprint density at radius 2 is 1.95 bits per heavy atom. The highest BCUT2D eigenvalue weighted by Gasteiger charge is 2.35. The fraction of sp³-hybridized carbons (Fsp3) is 1.00. The average Bonchev–Trinajstić information content (AvgIpc) is 2.71. The number of likely N-dealkylation sites (tertiary alicyclic amines) is 1. The van der Waals surface area contributed by atoms with Crippen molar-refractivity contribution in [2.75, 3.05) is 46.3 Å². The molecule has 0 aromatic carbocycles. The standard InChI is InChI=1S/C16H31N3/c1-18-11-6-15(12-18)13-19-10-5-9-17-16(14-19)7-3-2-4-8-16/h15,17H,2-14H2,1H3. The summed E-state index contributed by atoms with van der Waals surface area (Å²) in [5, 5.41) is 3.91. The Morgan fingerprint density at radius 1 is 1.11 bits per heavy atom. The summed E-state index contributed by atoms with van der Waals surface area (Å²) in [6.45, 7) is 7.83. The third-order valence-corrected chi connectivity index (χ3v) is 5.49. The van der Waals surface area contributed by atoms with Crippen molar-refractivity contribution >= 4 is 0 Å². The summed E-state index contributed by atoms with van der Waals surface area (Å²) in [7, 11) is 2.27. The van der Waals surface area contributed by atoms with E-state index in [1.165, 1.54) is 84.2 Å². The van der Waals surface area contributed by atoms with Gasteiger partial charge in [0.2, 0.25) is 0 Å². The Labute approximate surface area is 118 Å². The topological polar surface area (TPSA) is 18.5 Å². The van der Waals surface area contributed by atoms with Gasteiger partial charge in [-0.05, 0) is 58.3 Å². The molecule has 0 aromatic heterocycles. The molecule has 0 amide bonds. The molecule has 0 bridgehead atoms. The molecule has 2 heterocycles. The van der Waals surface area contributed by atoms with Gasteiger partial charge in [-0.3, -0.25) is 0 Å². The van der Waals surface area contributed by atoms with Crippen molar-refractivity contribution < 1.29 is 0 Å². The Morgan fingerprint density at radius 3 is 2.68 bits per heavy atom. The maximum absolute atomic E-state index is 3.91. The van der Waals surface area contributed by atoms with Gasteiger partial charge in [-0.2, -0.15) is 0 Å².